The predicted octanol–water partition coefficient (Wildman–Crippen LogP) is 5.45. The van der Waals surface area contributed by atoms with Crippen LogP contribution in [0.1, 0.15) is 5.56 Å². The Morgan fingerprint density at radius 1 is 1.03 bits per heavy atom. The van der Waals surface area contributed by atoms with Crippen LogP contribution in [0.15, 0.2) is 83.9 Å². The molecule has 0 spiro atoms. The lowest BCUT2D eigenvalue weighted by molar-refractivity contribution is 0.180. The fourth-order valence-corrected chi connectivity index (χ4v) is 4.55. The zero-order chi connectivity index (χ0) is 25.1. The summed E-state index contributed by atoms with van der Waals surface area (Å²) in [5, 5.41) is 14.4. The third kappa shape index (κ3) is 5.06. The molecule has 0 radical (unpaired) electrons. The maximum absolute atomic E-state index is 11.3. The molecule has 36 heavy (non-hydrogen) atoms. The largest absolute Gasteiger partial charge is 0.490 e. The smallest absolute Gasteiger partial charge is 0.405 e. The van der Waals surface area contributed by atoms with Gasteiger partial charge in [0.25, 0.3) is 0 Å². The average molecular weight is 544 g/mol. The molecule has 0 unspecified atom stereocenters. The number of nitrogen functional groups attached to an aromatic ring is 1. The van der Waals surface area contributed by atoms with Crippen molar-refractivity contribution in [3.63, 3.8) is 0 Å². The lowest BCUT2D eigenvalue weighted by Gasteiger charge is -2.18. The number of hydrogen-bond acceptors (Lipinski definition) is 6. The van der Waals surface area contributed by atoms with E-state index in [0.29, 0.717) is 18.0 Å². The summed E-state index contributed by atoms with van der Waals surface area (Å²) >= 11 is 3.50. The summed E-state index contributed by atoms with van der Waals surface area (Å²) in [6, 6.07) is 17.0. The van der Waals surface area contributed by atoms with Gasteiger partial charge < -0.3 is 20.9 Å². The van der Waals surface area contributed by atoms with Crippen molar-refractivity contribution in [1.29, 1.82) is 0 Å². The Kier molecular flexibility index (Phi) is 6.64. The van der Waals surface area contributed by atoms with E-state index in [-0.39, 0.29) is 6.61 Å². The minimum atomic E-state index is -1.10. The summed E-state index contributed by atoms with van der Waals surface area (Å²) in [6.07, 6.45) is 6.20. The van der Waals surface area contributed by atoms with Gasteiger partial charge in [-0.3, -0.25) is 9.97 Å². The number of benzene rings is 2. The molecule has 0 aliphatic carbocycles. The highest BCUT2D eigenvalue weighted by Gasteiger charge is 2.16. The molecule has 0 bridgehead atoms. The number of halogens is 1. The number of nitrogens with zero attached hydrogens (tertiary/aromatic N) is 3. The highest BCUT2D eigenvalue weighted by Crippen LogP contribution is 2.36. The third-order valence-electron chi connectivity index (χ3n) is 5.84. The summed E-state index contributed by atoms with van der Waals surface area (Å²) in [6.45, 7) is 0.147. The van der Waals surface area contributed by atoms with Crippen LogP contribution in [0.5, 0.6) is 5.75 Å². The molecule has 2 aromatic carbocycles. The molecule has 9 heteroatoms. The van der Waals surface area contributed by atoms with Gasteiger partial charge >= 0.3 is 6.09 Å². The van der Waals surface area contributed by atoms with E-state index in [2.05, 4.69) is 36.2 Å². The first-order valence-electron chi connectivity index (χ1n) is 11.2. The predicted molar refractivity (Wildman–Crippen MR) is 143 cm³/mol. The number of carboxylic acid groups (broad SMARTS) is 1. The maximum atomic E-state index is 11.3. The van der Waals surface area contributed by atoms with Crippen molar-refractivity contribution in [1.82, 2.24) is 20.3 Å². The fourth-order valence-electron chi connectivity index (χ4n) is 4.20. The van der Waals surface area contributed by atoms with Gasteiger partial charge in [0, 0.05) is 50.3 Å². The molecule has 5 rings (SSSR count). The maximum Gasteiger partial charge on any atom is 0.405 e. The first-order chi connectivity index (χ1) is 17.5. The highest BCUT2D eigenvalue weighted by atomic mass is 79.9. The molecule has 8 nitrogen and oxygen atoms in total. The van der Waals surface area contributed by atoms with Crippen LogP contribution in [0.2, 0.25) is 0 Å². The second-order valence-electron chi connectivity index (χ2n) is 8.32. The van der Waals surface area contributed by atoms with E-state index in [1.165, 1.54) is 0 Å². The van der Waals surface area contributed by atoms with Crippen LogP contribution < -0.4 is 15.8 Å². The van der Waals surface area contributed by atoms with E-state index >= 15 is 0 Å². The van der Waals surface area contributed by atoms with Crippen molar-refractivity contribution in [2.75, 3.05) is 12.3 Å². The van der Waals surface area contributed by atoms with Gasteiger partial charge in [-0.05, 0) is 30.2 Å². The number of fused-ring (bicyclic) bond motifs is 3. The van der Waals surface area contributed by atoms with E-state index in [4.69, 9.17) is 10.5 Å². The van der Waals surface area contributed by atoms with Gasteiger partial charge in [-0.1, -0.05) is 52.3 Å². The van der Waals surface area contributed by atoms with Gasteiger partial charge in [-0.25, -0.2) is 9.78 Å². The topological polar surface area (TPSA) is 123 Å². The van der Waals surface area contributed by atoms with Gasteiger partial charge in [0.2, 0.25) is 0 Å². The van der Waals surface area contributed by atoms with Crippen LogP contribution in [-0.2, 0) is 6.42 Å². The number of nitrogens with two attached hydrogens (primary N) is 1. The van der Waals surface area contributed by atoms with Crippen molar-refractivity contribution in [3.05, 3.63) is 89.4 Å². The molecule has 3 heterocycles. The van der Waals surface area contributed by atoms with Gasteiger partial charge in [-0.2, -0.15) is 0 Å². The summed E-state index contributed by atoms with van der Waals surface area (Å²) in [4.78, 5) is 24.6. The fraction of sp³-hybridized carbons (Fsp3) is 0.111. The molecule has 3 aromatic heterocycles. The van der Waals surface area contributed by atoms with Gasteiger partial charge in [0.1, 0.15) is 18.2 Å². The molecular weight excluding hydrogens is 522 g/mol. The summed E-state index contributed by atoms with van der Waals surface area (Å²) < 4.78 is 6.92. The average Bonchev–Trinajstić information content (AvgIpc) is 2.87. The minimum absolute atomic E-state index is 0.147. The Morgan fingerprint density at radius 3 is 2.67 bits per heavy atom. The Labute approximate surface area is 215 Å². The standard InChI is InChI=1S/C27H22BrN5O3/c28-18-6-7-21-24(10-18)31-14-23-25(21)22(13-32-26(23)29)17-9-20(12-30-11-17)36-15-19(33-27(34)35)8-16-4-2-1-3-5-16/h1-7,9-14,19,33H,8,15H2,(H2,29,32)(H,34,35)/t19-/m0/s1. The Bertz CT molecular complexity index is 1560. The monoisotopic (exact) mass is 543 g/mol. The van der Waals surface area contributed by atoms with E-state index in [9.17, 15) is 9.90 Å². The first-order valence-corrected chi connectivity index (χ1v) is 12.0. The SMILES string of the molecule is Nc1ncc(-c2cncc(OC[C@H](Cc3ccccc3)NC(=O)O)c2)c2c1cnc1cc(Br)ccc12. The number of pyridine rings is 3. The van der Waals surface area contributed by atoms with Crippen molar-refractivity contribution < 1.29 is 14.6 Å². The Morgan fingerprint density at radius 2 is 1.86 bits per heavy atom. The van der Waals surface area contributed by atoms with E-state index < -0.39 is 12.1 Å². The van der Waals surface area contributed by atoms with E-state index in [1.807, 2.05) is 54.6 Å². The van der Waals surface area contributed by atoms with Gasteiger partial charge in [0.05, 0.1) is 17.8 Å². The number of nitrogens with one attached hydrogen (secondary N) is 1. The number of amides is 1. The summed E-state index contributed by atoms with van der Waals surface area (Å²) in [7, 11) is 0. The van der Waals surface area contributed by atoms with Gasteiger partial charge in [0.15, 0.2) is 0 Å². The summed E-state index contributed by atoms with van der Waals surface area (Å²) in [5.41, 5.74) is 9.66. The van der Waals surface area contributed by atoms with Crippen LogP contribution in [0, 0.1) is 0 Å². The molecule has 1 amide bonds. The van der Waals surface area contributed by atoms with E-state index in [1.54, 1.807) is 24.8 Å². The van der Waals surface area contributed by atoms with Crippen LogP contribution in [0.4, 0.5) is 10.6 Å². The molecule has 0 fully saturated rings. The molecule has 0 saturated carbocycles. The van der Waals surface area contributed by atoms with Crippen molar-refractivity contribution >= 4 is 49.5 Å². The molecule has 0 saturated heterocycles. The molecule has 0 aliphatic rings. The normalized spacial score (nSPS) is 11.9. The number of anilines is 1. The molecule has 180 valence electrons. The van der Waals surface area contributed by atoms with Crippen molar-refractivity contribution in [3.8, 4) is 16.9 Å². The highest BCUT2D eigenvalue weighted by molar-refractivity contribution is 9.10. The number of ether oxygens (including phenoxy) is 1. The molecule has 0 aliphatic heterocycles. The minimum Gasteiger partial charge on any atom is -0.490 e. The van der Waals surface area contributed by atoms with Gasteiger partial charge in [-0.15, -0.1) is 0 Å². The van der Waals surface area contributed by atoms with Crippen molar-refractivity contribution in [2.45, 2.75) is 12.5 Å². The molecular formula is C27H22BrN5O3. The number of hydrogen-bond donors (Lipinski definition) is 3. The van der Waals surface area contributed by atoms with Crippen LogP contribution >= 0.6 is 15.9 Å². The van der Waals surface area contributed by atoms with Crippen LogP contribution in [0.3, 0.4) is 0 Å². The second-order valence-corrected chi connectivity index (χ2v) is 9.24. The number of carbonyl (C=O) groups is 1. The van der Waals surface area contributed by atoms with Crippen LogP contribution in [0.25, 0.3) is 32.8 Å². The zero-order valence-electron chi connectivity index (χ0n) is 19.1. The van der Waals surface area contributed by atoms with Crippen molar-refractivity contribution in [2.24, 2.45) is 0 Å². The number of rotatable bonds is 7. The molecule has 5 aromatic rings. The zero-order valence-corrected chi connectivity index (χ0v) is 20.6. The first kappa shape index (κ1) is 23.5. The Balaban J connectivity index is 1.47. The Hall–Kier alpha value is -4.24. The molecule has 1 atom stereocenters. The van der Waals surface area contributed by atoms with E-state index in [0.717, 1.165) is 42.8 Å². The lowest BCUT2D eigenvalue weighted by atomic mass is 9.99. The molecule has 4 N–H and O–H groups in total. The quantitative estimate of drug-likeness (QED) is 0.233. The lowest BCUT2D eigenvalue weighted by Crippen LogP contribution is -2.39. The third-order valence-corrected chi connectivity index (χ3v) is 6.33. The van der Waals surface area contributed by atoms with Crippen LogP contribution in [-0.4, -0.2) is 38.8 Å². The summed E-state index contributed by atoms with van der Waals surface area (Å²) in [5.74, 6) is 0.916. The second kappa shape index (κ2) is 10.2. The number of aromatic nitrogens is 3.